The van der Waals surface area contributed by atoms with Gasteiger partial charge in [0.15, 0.2) is 5.96 Å². The van der Waals surface area contributed by atoms with Gasteiger partial charge >= 0.3 is 0 Å². The van der Waals surface area contributed by atoms with E-state index in [1.54, 1.807) is 0 Å². The monoisotopic (exact) mass is 385 g/mol. The van der Waals surface area contributed by atoms with Crippen LogP contribution in [-0.4, -0.2) is 74.0 Å². The van der Waals surface area contributed by atoms with Crippen molar-refractivity contribution in [3.05, 3.63) is 29.8 Å². The highest BCUT2D eigenvalue weighted by Crippen LogP contribution is 2.28. The molecule has 1 atom stereocenters. The Morgan fingerprint density at radius 1 is 1.25 bits per heavy atom. The summed E-state index contributed by atoms with van der Waals surface area (Å²) in [4.78, 5) is 23.9. The number of aliphatic imine (C=N–C) groups is 1. The molecule has 6 heteroatoms. The van der Waals surface area contributed by atoms with Gasteiger partial charge in [-0.3, -0.25) is 14.7 Å². The van der Waals surface area contributed by atoms with Crippen LogP contribution in [0.4, 0.5) is 5.69 Å². The van der Waals surface area contributed by atoms with Gasteiger partial charge in [0.2, 0.25) is 5.91 Å². The number of anilines is 1. The Labute approximate surface area is 169 Å². The van der Waals surface area contributed by atoms with E-state index in [9.17, 15) is 4.79 Å². The zero-order valence-electron chi connectivity index (χ0n) is 17.7. The van der Waals surface area contributed by atoms with Crippen LogP contribution in [0.2, 0.25) is 0 Å². The fourth-order valence-corrected chi connectivity index (χ4v) is 4.48. The molecule has 1 unspecified atom stereocenters. The topological polar surface area (TPSA) is 51.2 Å². The van der Waals surface area contributed by atoms with E-state index in [-0.39, 0.29) is 5.91 Å². The summed E-state index contributed by atoms with van der Waals surface area (Å²) >= 11 is 0. The number of nitrogens with one attached hydrogen (secondary N) is 1. The van der Waals surface area contributed by atoms with Gasteiger partial charge in [-0.05, 0) is 44.0 Å². The molecule has 1 aromatic rings. The molecule has 0 radical (unpaired) electrons. The van der Waals surface area contributed by atoms with E-state index >= 15 is 0 Å². The van der Waals surface area contributed by atoms with Crippen molar-refractivity contribution in [2.24, 2.45) is 4.99 Å². The summed E-state index contributed by atoms with van der Waals surface area (Å²) in [7, 11) is 1.85. The van der Waals surface area contributed by atoms with E-state index in [1.165, 1.54) is 12.0 Å². The van der Waals surface area contributed by atoms with Crippen LogP contribution in [0, 0.1) is 0 Å². The molecule has 2 aliphatic heterocycles. The lowest BCUT2D eigenvalue weighted by Crippen LogP contribution is -2.43. The number of hydrogen-bond donors (Lipinski definition) is 1. The van der Waals surface area contributed by atoms with Gasteiger partial charge in [-0.2, -0.15) is 0 Å². The highest BCUT2D eigenvalue weighted by Gasteiger charge is 2.28. The van der Waals surface area contributed by atoms with Gasteiger partial charge in [-0.15, -0.1) is 0 Å². The van der Waals surface area contributed by atoms with Crippen molar-refractivity contribution in [1.29, 1.82) is 0 Å². The molecule has 1 N–H and O–H groups in total. The van der Waals surface area contributed by atoms with Gasteiger partial charge in [0.1, 0.15) is 0 Å². The van der Waals surface area contributed by atoms with Crippen LogP contribution in [0.1, 0.15) is 38.7 Å². The van der Waals surface area contributed by atoms with E-state index < -0.39 is 0 Å². The van der Waals surface area contributed by atoms with E-state index in [2.05, 4.69) is 46.1 Å². The third kappa shape index (κ3) is 4.66. The van der Waals surface area contributed by atoms with Crippen molar-refractivity contribution >= 4 is 17.6 Å². The Balaban J connectivity index is 1.41. The third-order valence-corrected chi connectivity index (χ3v) is 6.04. The van der Waals surface area contributed by atoms with E-state index in [1.807, 2.05) is 24.1 Å². The molecule has 154 valence electrons. The minimum absolute atomic E-state index is 0.226. The van der Waals surface area contributed by atoms with Crippen LogP contribution in [0.15, 0.2) is 29.3 Å². The Morgan fingerprint density at radius 2 is 2.04 bits per heavy atom. The molecule has 3 rings (SSSR count). The number of benzene rings is 1. The molecule has 1 fully saturated rings. The lowest BCUT2D eigenvalue weighted by molar-refractivity contribution is -0.118. The summed E-state index contributed by atoms with van der Waals surface area (Å²) in [6.07, 6.45) is 3.55. The van der Waals surface area contributed by atoms with Crippen molar-refractivity contribution in [2.75, 3.05) is 51.2 Å². The van der Waals surface area contributed by atoms with Gasteiger partial charge < -0.3 is 15.1 Å². The van der Waals surface area contributed by atoms with Crippen molar-refractivity contribution in [3.8, 4) is 0 Å². The van der Waals surface area contributed by atoms with Crippen LogP contribution < -0.4 is 10.2 Å². The molecule has 2 heterocycles. The second-order valence-electron chi connectivity index (χ2n) is 7.61. The molecule has 0 aromatic heterocycles. The van der Waals surface area contributed by atoms with Gasteiger partial charge in [-0.25, -0.2) is 0 Å². The number of guanidine groups is 1. The first kappa shape index (κ1) is 20.6. The molecule has 28 heavy (non-hydrogen) atoms. The Bertz CT molecular complexity index is 685. The number of nitrogens with zero attached hydrogens (tertiary/aromatic N) is 4. The number of likely N-dealkylation sites (tertiary alicyclic amines) is 1. The molecule has 1 aromatic carbocycles. The number of carbonyl (C=O) groups excluding carboxylic acids is 1. The first-order valence-corrected chi connectivity index (χ1v) is 10.8. The predicted octanol–water partition coefficient (Wildman–Crippen LogP) is 2.35. The molecule has 2 aliphatic rings. The third-order valence-electron chi connectivity index (χ3n) is 6.04. The fraction of sp³-hybridized carbons (Fsp3) is 0.636. The highest BCUT2D eigenvalue weighted by molar-refractivity contribution is 5.95. The maximum atomic E-state index is 12.6. The summed E-state index contributed by atoms with van der Waals surface area (Å²) in [5.74, 6) is 1.19. The smallest absolute Gasteiger partial charge is 0.227 e. The lowest BCUT2D eigenvalue weighted by atomic mass is 10.2. The molecule has 1 amide bonds. The molecule has 0 bridgehead atoms. The average Bonchev–Trinajstić information content (AvgIpc) is 3.36. The molecule has 0 saturated carbocycles. The fourth-order valence-electron chi connectivity index (χ4n) is 4.48. The minimum atomic E-state index is 0.226. The van der Waals surface area contributed by atoms with E-state index in [4.69, 9.17) is 0 Å². The van der Waals surface area contributed by atoms with Crippen LogP contribution in [0.25, 0.3) is 0 Å². The number of amides is 1. The second kappa shape index (κ2) is 9.92. The molecule has 0 aliphatic carbocycles. The largest absolute Gasteiger partial charge is 0.356 e. The maximum Gasteiger partial charge on any atom is 0.227 e. The standard InChI is InChI=1S/C22H35N5O/c1-4-25(5-2)19-13-15-26(17-19)22(23-3)24-14-8-11-21(28)27-16-12-18-9-6-7-10-20(18)27/h6-7,9-10,19H,4-5,8,11-17H2,1-3H3,(H,23,24). The van der Waals surface area contributed by atoms with Crippen LogP contribution in [-0.2, 0) is 11.2 Å². The Hall–Kier alpha value is -2.08. The van der Waals surface area contributed by atoms with Crippen molar-refractivity contribution in [1.82, 2.24) is 15.1 Å². The van der Waals surface area contributed by atoms with Crippen LogP contribution >= 0.6 is 0 Å². The van der Waals surface area contributed by atoms with Gasteiger partial charge in [-0.1, -0.05) is 32.0 Å². The second-order valence-corrected chi connectivity index (χ2v) is 7.61. The SMILES string of the molecule is CCN(CC)C1CCN(C(=NC)NCCCC(=O)N2CCc3ccccc32)C1. The van der Waals surface area contributed by atoms with Gasteiger partial charge in [0.05, 0.1) is 0 Å². The molecule has 6 nitrogen and oxygen atoms in total. The molecular weight excluding hydrogens is 350 g/mol. The lowest BCUT2D eigenvalue weighted by Gasteiger charge is -2.27. The number of para-hydroxylation sites is 1. The van der Waals surface area contributed by atoms with Crippen LogP contribution in [0.5, 0.6) is 0 Å². The zero-order chi connectivity index (χ0) is 19.9. The van der Waals surface area contributed by atoms with Crippen molar-refractivity contribution in [3.63, 3.8) is 0 Å². The maximum absolute atomic E-state index is 12.6. The summed E-state index contributed by atoms with van der Waals surface area (Å²) < 4.78 is 0. The van der Waals surface area contributed by atoms with Crippen molar-refractivity contribution < 1.29 is 4.79 Å². The Kier molecular flexibility index (Phi) is 7.31. The number of carbonyl (C=O) groups is 1. The van der Waals surface area contributed by atoms with Crippen LogP contribution in [0.3, 0.4) is 0 Å². The summed E-state index contributed by atoms with van der Waals surface area (Å²) in [6, 6.07) is 8.85. The Morgan fingerprint density at radius 3 is 2.79 bits per heavy atom. The quantitative estimate of drug-likeness (QED) is 0.445. The normalized spacial score (nSPS) is 19.4. The number of rotatable bonds is 7. The zero-order valence-corrected chi connectivity index (χ0v) is 17.7. The van der Waals surface area contributed by atoms with E-state index in [0.717, 1.165) is 63.8 Å². The summed E-state index contributed by atoms with van der Waals surface area (Å²) in [5, 5.41) is 3.46. The first-order valence-electron chi connectivity index (χ1n) is 10.8. The van der Waals surface area contributed by atoms with Crippen molar-refractivity contribution in [2.45, 2.75) is 45.6 Å². The highest BCUT2D eigenvalue weighted by atomic mass is 16.2. The van der Waals surface area contributed by atoms with E-state index in [0.29, 0.717) is 12.5 Å². The predicted molar refractivity (Wildman–Crippen MR) is 116 cm³/mol. The summed E-state index contributed by atoms with van der Waals surface area (Å²) in [5.41, 5.74) is 2.38. The summed E-state index contributed by atoms with van der Waals surface area (Å²) in [6.45, 7) is 10.3. The minimum Gasteiger partial charge on any atom is -0.356 e. The van der Waals surface area contributed by atoms with Gasteiger partial charge in [0.25, 0.3) is 0 Å². The molecular formula is C22H35N5O. The van der Waals surface area contributed by atoms with Gasteiger partial charge in [0, 0.05) is 51.4 Å². The average molecular weight is 386 g/mol. The molecule has 0 spiro atoms. The number of likely N-dealkylation sites (N-methyl/N-ethyl adjacent to an activating group) is 1. The first-order chi connectivity index (χ1) is 13.7. The number of fused-ring (bicyclic) bond motifs is 1. The number of hydrogen-bond acceptors (Lipinski definition) is 3. The molecule has 1 saturated heterocycles.